The maximum atomic E-state index is 11.0. The summed E-state index contributed by atoms with van der Waals surface area (Å²) < 4.78 is 0. The quantitative estimate of drug-likeness (QED) is 0.622. The van der Waals surface area contributed by atoms with E-state index in [1.54, 1.807) is 6.92 Å². The fourth-order valence-corrected chi connectivity index (χ4v) is 4.15. The number of piperidine rings is 1. The molecule has 26 heavy (non-hydrogen) atoms. The van der Waals surface area contributed by atoms with Gasteiger partial charge in [0.05, 0.1) is 4.92 Å². The average Bonchev–Trinajstić information content (AvgIpc) is 3.05. The average molecular weight is 352 g/mol. The molecule has 0 aliphatic carbocycles. The van der Waals surface area contributed by atoms with E-state index >= 15 is 0 Å². The molecule has 2 aromatic rings. The molecule has 0 unspecified atom stereocenters. The van der Waals surface area contributed by atoms with E-state index in [1.807, 2.05) is 6.07 Å². The summed E-state index contributed by atoms with van der Waals surface area (Å²) in [5.74, 6) is 1.55. The number of nitro groups is 1. The molecular weight excluding hydrogens is 328 g/mol. The summed E-state index contributed by atoms with van der Waals surface area (Å²) in [7, 11) is 0. The van der Waals surface area contributed by atoms with Gasteiger partial charge in [-0.3, -0.25) is 10.1 Å². The van der Waals surface area contributed by atoms with Gasteiger partial charge in [0.2, 0.25) is 0 Å². The summed E-state index contributed by atoms with van der Waals surface area (Å²) in [5, 5.41) is 11.0. The van der Waals surface area contributed by atoms with Gasteiger partial charge in [0.15, 0.2) is 0 Å². The second kappa shape index (κ2) is 6.94. The van der Waals surface area contributed by atoms with Crippen molar-refractivity contribution < 1.29 is 4.92 Å². The van der Waals surface area contributed by atoms with Crippen LogP contribution < -0.4 is 9.80 Å². The molecule has 4 rings (SSSR count). The normalized spacial score (nSPS) is 17.4. The SMILES string of the molecule is Cc1cc(N2CCC(CN3CCc4ccccc43)CC2)ncc1[N+](=O)[O-]. The summed E-state index contributed by atoms with van der Waals surface area (Å²) in [5.41, 5.74) is 3.64. The molecule has 0 atom stereocenters. The van der Waals surface area contributed by atoms with Crippen molar-refractivity contribution in [1.82, 2.24) is 4.98 Å². The third-order valence-electron chi connectivity index (χ3n) is 5.67. The second-order valence-electron chi connectivity index (χ2n) is 7.34. The molecule has 0 bridgehead atoms. The molecule has 1 fully saturated rings. The molecule has 136 valence electrons. The number of nitrogens with zero attached hydrogens (tertiary/aromatic N) is 4. The minimum atomic E-state index is -0.369. The fourth-order valence-electron chi connectivity index (χ4n) is 4.15. The lowest BCUT2D eigenvalue weighted by molar-refractivity contribution is -0.385. The zero-order valence-electron chi connectivity index (χ0n) is 15.1. The molecule has 1 aromatic carbocycles. The van der Waals surface area contributed by atoms with Crippen LogP contribution in [0.1, 0.15) is 24.0 Å². The van der Waals surface area contributed by atoms with E-state index in [2.05, 4.69) is 39.0 Å². The monoisotopic (exact) mass is 352 g/mol. The van der Waals surface area contributed by atoms with Crippen molar-refractivity contribution in [3.8, 4) is 0 Å². The van der Waals surface area contributed by atoms with Crippen molar-refractivity contribution in [2.45, 2.75) is 26.2 Å². The molecule has 0 amide bonds. The zero-order valence-corrected chi connectivity index (χ0v) is 15.1. The van der Waals surface area contributed by atoms with E-state index in [-0.39, 0.29) is 10.6 Å². The van der Waals surface area contributed by atoms with Gasteiger partial charge >= 0.3 is 0 Å². The largest absolute Gasteiger partial charge is 0.371 e. The van der Waals surface area contributed by atoms with Gasteiger partial charge in [-0.05, 0) is 49.8 Å². The number of pyridine rings is 1. The first-order valence-corrected chi connectivity index (χ1v) is 9.30. The predicted molar refractivity (Wildman–Crippen MR) is 103 cm³/mol. The van der Waals surface area contributed by atoms with Crippen LogP contribution in [0, 0.1) is 23.0 Å². The van der Waals surface area contributed by atoms with Gasteiger partial charge in [0, 0.05) is 37.4 Å². The highest BCUT2D eigenvalue weighted by molar-refractivity contribution is 5.57. The lowest BCUT2D eigenvalue weighted by Gasteiger charge is -2.35. The molecule has 3 heterocycles. The number of aromatic nitrogens is 1. The Kier molecular flexibility index (Phi) is 4.49. The van der Waals surface area contributed by atoms with E-state index in [1.165, 1.54) is 17.4 Å². The van der Waals surface area contributed by atoms with E-state index in [9.17, 15) is 10.1 Å². The second-order valence-corrected chi connectivity index (χ2v) is 7.34. The molecule has 0 N–H and O–H groups in total. The van der Waals surface area contributed by atoms with Crippen LogP contribution in [0.4, 0.5) is 17.2 Å². The highest BCUT2D eigenvalue weighted by atomic mass is 16.6. The van der Waals surface area contributed by atoms with E-state index in [4.69, 9.17) is 0 Å². The van der Waals surface area contributed by atoms with Crippen LogP contribution in [0.5, 0.6) is 0 Å². The third-order valence-corrected chi connectivity index (χ3v) is 5.67. The molecule has 1 aromatic heterocycles. The van der Waals surface area contributed by atoms with Gasteiger partial charge in [-0.1, -0.05) is 18.2 Å². The minimum Gasteiger partial charge on any atom is -0.371 e. The highest BCUT2D eigenvalue weighted by Gasteiger charge is 2.26. The number of rotatable bonds is 4. The maximum Gasteiger partial charge on any atom is 0.290 e. The summed E-state index contributed by atoms with van der Waals surface area (Å²) >= 11 is 0. The highest BCUT2D eigenvalue weighted by Crippen LogP contribution is 2.31. The number of hydrogen-bond donors (Lipinski definition) is 0. The van der Waals surface area contributed by atoms with Gasteiger partial charge in [-0.25, -0.2) is 4.98 Å². The number of benzene rings is 1. The Morgan fingerprint density at radius 1 is 1.23 bits per heavy atom. The lowest BCUT2D eigenvalue weighted by atomic mass is 9.96. The van der Waals surface area contributed by atoms with Crippen molar-refractivity contribution in [2.75, 3.05) is 36.0 Å². The predicted octanol–water partition coefficient (Wildman–Crippen LogP) is 3.58. The molecule has 0 radical (unpaired) electrons. The Labute approximate surface area is 153 Å². The summed E-state index contributed by atoms with van der Waals surface area (Å²) in [6, 6.07) is 10.6. The van der Waals surface area contributed by atoms with E-state index in [0.29, 0.717) is 11.5 Å². The van der Waals surface area contributed by atoms with Crippen molar-refractivity contribution >= 4 is 17.2 Å². The van der Waals surface area contributed by atoms with Gasteiger partial charge in [0.1, 0.15) is 12.0 Å². The maximum absolute atomic E-state index is 11.0. The smallest absolute Gasteiger partial charge is 0.290 e. The van der Waals surface area contributed by atoms with Gasteiger partial charge < -0.3 is 9.80 Å². The topological polar surface area (TPSA) is 62.5 Å². The van der Waals surface area contributed by atoms with Gasteiger partial charge in [-0.15, -0.1) is 0 Å². The van der Waals surface area contributed by atoms with Crippen molar-refractivity contribution in [2.24, 2.45) is 5.92 Å². The van der Waals surface area contributed by atoms with E-state index < -0.39 is 0 Å². The van der Waals surface area contributed by atoms with Crippen LogP contribution in [-0.2, 0) is 6.42 Å². The van der Waals surface area contributed by atoms with Crippen LogP contribution >= 0.6 is 0 Å². The summed E-state index contributed by atoms with van der Waals surface area (Å²) in [6.07, 6.45) is 4.81. The Hall–Kier alpha value is -2.63. The van der Waals surface area contributed by atoms with Crippen LogP contribution in [0.15, 0.2) is 36.5 Å². The van der Waals surface area contributed by atoms with Crippen molar-refractivity contribution in [3.63, 3.8) is 0 Å². The van der Waals surface area contributed by atoms with Crippen molar-refractivity contribution in [1.29, 1.82) is 0 Å². The summed E-state index contributed by atoms with van der Waals surface area (Å²) in [4.78, 5) is 19.7. The first kappa shape index (κ1) is 16.8. The van der Waals surface area contributed by atoms with Crippen LogP contribution in [0.25, 0.3) is 0 Å². The standard InChI is InChI=1S/C20H24N4O2/c1-15-12-20(21-13-19(15)24(25)26)22-9-6-16(7-10-22)14-23-11-8-17-4-2-3-5-18(17)23/h2-5,12-13,16H,6-11,14H2,1H3. The number of anilines is 2. The first-order chi connectivity index (χ1) is 12.6. The van der Waals surface area contributed by atoms with Crippen LogP contribution in [-0.4, -0.2) is 36.1 Å². The fraction of sp³-hybridized carbons (Fsp3) is 0.450. The molecule has 2 aliphatic rings. The van der Waals surface area contributed by atoms with Gasteiger partial charge in [0.25, 0.3) is 5.69 Å². The molecule has 1 saturated heterocycles. The molecular formula is C20H24N4O2. The number of aryl methyl sites for hydroxylation is 1. The number of para-hydroxylation sites is 1. The van der Waals surface area contributed by atoms with Crippen LogP contribution in [0.2, 0.25) is 0 Å². The first-order valence-electron chi connectivity index (χ1n) is 9.30. The lowest BCUT2D eigenvalue weighted by Crippen LogP contribution is -2.38. The Morgan fingerprint density at radius 3 is 2.73 bits per heavy atom. The number of hydrogen-bond acceptors (Lipinski definition) is 5. The third kappa shape index (κ3) is 3.23. The van der Waals surface area contributed by atoms with Crippen molar-refractivity contribution in [3.05, 3.63) is 57.8 Å². The number of fused-ring (bicyclic) bond motifs is 1. The molecule has 2 aliphatic heterocycles. The minimum absolute atomic E-state index is 0.0938. The zero-order chi connectivity index (χ0) is 18.1. The van der Waals surface area contributed by atoms with Crippen LogP contribution in [0.3, 0.4) is 0 Å². The summed E-state index contributed by atoms with van der Waals surface area (Å²) in [6.45, 7) is 5.95. The van der Waals surface area contributed by atoms with Gasteiger partial charge in [-0.2, -0.15) is 0 Å². The molecule has 0 spiro atoms. The molecule has 6 nitrogen and oxygen atoms in total. The Morgan fingerprint density at radius 2 is 2.00 bits per heavy atom. The Bertz CT molecular complexity index is 815. The molecule has 0 saturated carbocycles. The van der Waals surface area contributed by atoms with E-state index in [0.717, 1.165) is 51.3 Å². The molecule has 6 heteroatoms. The Balaban J connectivity index is 1.36.